The van der Waals surface area contributed by atoms with E-state index in [9.17, 15) is 9.59 Å². The molecule has 25 heavy (non-hydrogen) atoms. The van der Waals surface area contributed by atoms with Gasteiger partial charge in [-0.05, 0) is 39.8 Å². The SMILES string of the molecule is C=C(Cc1ccccc1C(=O)OCCN(C)C)C(=O)OCCN(C)C. The Morgan fingerprint density at radius 1 is 0.960 bits per heavy atom. The van der Waals surface area contributed by atoms with E-state index >= 15 is 0 Å². The largest absolute Gasteiger partial charge is 0.461 e. The lowest BCUT2D eigenvalue weighted by Gasteiger charge is -2.13. The van der Waals surface area contributed by atoms with Crippen molar-refractivity contribution in [3.63, 3.8) is 0 Å². The summed E-state index contributed by atoms with van der Waals surface area (Å²) in [6.07, 6.45) is 0.250. The zero-order valence-electron chi connectivity index (χ0n) is 15.6. The van der Waals surface area contributed by atoms with Crippen LogP contribution in [0.3, 0.4) is 0 Å². The van der Waals surface area contributed by atoms with Crippen LogP contribution in [-0.4, -0.2) is 76.2 Å². The average Bonchev–Trinajstić information content (AvgIpc) is 2.54. The van der Waals surface area contributed by atoms with Crippen molar-refractivity contribution in [1.29, 1.82) is 0 Å². The van der Waals surface area contributed by atoms with Crippen LogP contribution in [-0.2, 0) is 20.7 Å². The van der Waals surface area contributed by atoms with Gasteiger partial charge in [-0.2, -0.15) is 0 Å². The van der Waals surface area contributed by atoms with E-state index in [2.05, 4.69) is 6.58 Å². The molecule has 6 heteroatoms. The molecular formula is C19H28N2O4. The van der Waals surface area contributed by atoms with Crippen molar-refractivity contribution in [1.82, 2.24) is 9.80 Å². The lowest BCUT2D eigenvalue weighted by Crippen LogP contribution is -2.22. The van der Waals surface area contributed by atoms with Gasteiger partial charge in [-0.1, -0.05) is 24.8 Å². The first kappa shape index (κ1) is 20.9. The third-order valence-corrected chi connectivity index (χ3v) is 3.47. The van der Waals surface area contributed by atoms with Crippen LogP contribution < -0.4 is 0 Å². The lowest BCUT2D eigenvalue weighted by molar-refractivity contribution is -0.139. The number of ether oxygens (including phenoxy) is 2. The second-order valence-corrected chi connectivity index (χ2v) is 6.32. The molecule has 1 rings (SSSR count). The van der Waals surface area contributed by atoms with E-state index in [0.29, 0.717) is 43.0 Å². The molecular weight excluding hydrogens is 320 g/mol. The summed E-state index contributed by atoms with van der Waals surface area (Å²) in [5, 5.41) is 0. The summed E-state index contributed by atoms with van der Waals surface area (Å²) in [4.78, 5) is 28.1. The molecule has 0 N–H and O–H groups in total. The van der Waals surface area contributed by atoms with Gasteiger partial charge in [0.15, 0.2) is 0 Å². The van der Waals surface area contributed by atoms with E-state index in [1.807, 2.05) is 44.1 Å². The van der Waals surface area contributed by atoms with Gasteiger partial charge < -0.3 is 19.3 Å². The zero-order valence-corrected chi connectivity index (χ0v) is 15.6. The van der Waals surface area contributed by atoms with Gasteiger partial charge in [0.1, 0.15) is 13.2 Å². The first-order valence-electron chi connectivity index (χ1n) is 8.20. The third kappa shape index (κ3) is 7.96. The van der Waals surface area contributed by atoms with Crippen molar-refractivity contribution < 1.29 is 19.1 Å². The highest BCUT2D eigenvalue weighted by atomic mass is 16.5. The van der Waals surface area contributed by atoms with E-state index < -0.39 is 11.9 Å². The summed E-state index contributed by atoms with van der Waals surface area (Å²) in [7, 11) is 7.63. The normalized spacial score (nSPS) is 10.8. The fourth-order valence-electron chi connectivity index (χ4n) is 2.00. The molecule has 0 aliphatic heterocycles. The number of hydrogen-bond acceptors (Lipinski definition) is 6. The number of hydrogen-bond donors (Lipinski definition) is 0. The number of carbonyl (C=O) groups excluding carboxylic acids is 2. The third-order valence-electron chi connectivity index (χ3n) is 3.47. The maximum atomic E-state index is 12.3. The molecule has 0 aromatic heterocycles. The van der Waals surface area contributed by atoms with Gasteiger partial charge in [-0.25, -0.2) is 9.59 Å². The lowest BCUT2D eigenvalue weighted by atomic mass is 10.0. The van der Waals surface area contributed by atoms with Gasteiger partial charge in [0.05, 0.1) is 5.56 Å². The molecule has 1 aromatic carbocycles. The van der Waals surface area contributed by atoms with Crippen molar-refractivity contribution >= 4 is 11.9 Å². The predicted molar refractivity (Wildman–Crippen MR) is 97.6 cm³/mol. The van der Waals surface area contributed by atoms with Crippen LogP contribution in [0.5, 0.6) is 0 Å². The Labute approximate surface area is 150 Å². The van der Waals surface area contributed by atoms with Gasteiger partial charge in [-0.3, -0.25) is 0 Å². The Balaban J connectivity index is 2.65. The molecule has 0 heterocycles. The summed E-state index contributed by atoms with van der Waals surface area (Å²) in [5.41, 5.74) is 1.46. The summed E-state index contributed by atoms with van der Waals surface area (Å²) in [5.74, 6) is -0.844. The van der Waals surface area contributed by atoms with Crippen LogP contribution in [0.2, 0.25) is 0 Å². The molecule has 1 aromatic rings. The Bertz CT molecular complexity index is 597. The number of nitrogens with zero attached hydrogens (tertiary/aromatic N) is 2. The van der Waals surface area contributed by atoms with Gasteiger partial charge in [0, 0.05) is 25.1 Å². The molecule has 0 aliphatic rings. The molecule has 6 nitrogen and oxygen atoms in total. The average molecular weight is 348 g/mol. The van der Waals surface area contributed by atoms with Crippen LogP contribution in [0, 0.1) is 0 Å². The Morgan fingerprint density at radius 2 is 1.52 bits per heavy atom. The van der Waals surface area contributed by atoms with Gasteiger partial charge >= 0.3 is 11.9 Å². The predicted octanol–water partition coefficient (Wildman–Crippen LogP) is 1.61. The molecule has 0 aliphatic carbocycles. The minimum atomic E-state index is -0.447. The Hall–Kier alpha value is -2.18. The minimum Gasteiger partial charge on any atom is -0.461 e. The van der Waals surface area contributed by atoms with E-state index in [1.54, 1.807) is 18.2 Å². The van der Waals surface area contributed by atoms with E-state index in [0.717, 1.165) is 0 Å². The molecule has 0 radical (unpaired) electrons. The topological polar surface area (TPSA) is 59.1 Å². The van der Waals surface area contributed by atoms with E-state index in [-0.39, 0.29) is 6.42 Å². The molecule has 0 amide bonds. The fourth-order valence-corrected chi connectivity index (χ4v) is 2.00. The van der Waals surface area contributed by atoms with Crippen LogP contribution in [0.25, 0.3) is 0 Å². The van der Waals surface area contributed by atoms with Crippen molar-refractivity contribution in [2.24, 2.45) is 0 Å². The van der Waals surface area contributed by atoms with Crippen molar-refractivity contribution in [3.8, 4) is 0 Å². The second kappa shape index (κ2) is 10.6. The highest BCUT2D eigenvalue weighted by molar-refractivity contribution is 5.93. The van der Waals surface area contributed by atoms with Crippen LogP contribution in [0.1, 0.15) is 15.9 Å². The second-order valence-electron chi connectivity index (χ2n) is 6.32. The Kier molecular flexibility index (Phi) is 8.88. The number of carbonyl (C=O) groups is 2. The molecule has 0 spiro atoms. The molecule has 138 valence electrons. The van der Waals surface area contributed by atoms with Gasteiger partial charge in [0.2, 0.25) is 0 Å². The van der Waals surface area contributed by atoms with Crippen molar-refractivity contribution in [2.45, 2.75) is 6.42 Å². The number of likely N-dealkylation sites (N-methyl/N-ethyl adjacent to an activating group) is 2. The maximum Gasteiger partial charge on any atom is 0.338 e. The van der Waals surface area contributed by atoms with Crippen LogP contribution in [0.15, 0.2) is 36.4 Å². The summed E-state index contributed by atoms with van der Waals surface area (Å²) in [6.45, 7) is 5.70. The van der Waals surface area contributed by atoms with E-state index in [1.165, 1.54) is 0 Å². The van der Waals surface area contributed by atoms with E-state index in [4.69, 9.17) is 9.47 Å². The molecule has 0 unspecified atom stereocenters. The highest BCUT2D eigenvalue weighted by Gasteiger charge is 2.16. The highest BCUT2D eigenvalue weighted by Crippen LogP contribution is 2.15. The van der Waals surface area contributed by atoms with Gasteiger partial charge in [-0.15, -0.1) is 0 Å². The van der Waals surface area contributed by atoms with Crippen LogP contribution in [0.4, 0.5) is 0 Å². The summed E-state index contributed by atoms with van der Waals surface area (Å²) < 4.78 is 10.5. The molecule has 0 saturated heterocycles. The van der Waals surface area contributed by atoms with Crippen LogP contribution >= 0.6 is 0 Å². The summed E-state index contributed by atoms with van der Waals surface area (Å²) >= 11 is 0. The monoisotopic (exact) mass is 348 g/mol. The summed E-state index contributed by atoms with van der Waals surface area (Å²) in [6, 6.07) is 7.07. The number of esters is 2. The smallest absolute Gasteiger partial charge is 0.338 e. The first-order chi connectivity index (χ1) is 11.8. The van der Waals surface area contributed by atoms with Crippen molar-refractivity contribution in [3.05, 3.63) is 47.5 Å². The van der Waals surface area contributed by atoms with Crippen molar-refractivity contribution in [2.75, 3.05) is 54.5 Å². The Morgan fingerprint density at radius 3 is 2.12 bits per heavy atom. The zero-order chi connectivity index (χ0) is 18.8. The molecule has 0 saturated carbocycles. The standard InChI is InChI=1S/C19H28N2O4/c1-15(18(22)24-12-10-20(2)3)14-16-8-6-7-9-17(16)19(23)25-13-11-21(4)5/h6-9H,1,10-14H2,2-5H3. The number of rotatable bonds is 10. The molecule has 0 bridgehead atoms. The van der Waals surface area contributed by atoms with Gasteiger partial charge in [0.25, 0.3) is 0 Å². The maximum absolute atomic E-state index is 12.3. The minimum absolute atomic E-state index is 0.250. The number of benzene rings is 1. The first-order valence-corrected chi connectivity index (χ1v) is 8.20. The fraction of sp³-hybridized carbons (Fsp3) is 0.474. The molecule has 0 fully saturated rings. The quantitative estimate of drug-likeness (QED) is 0.473. The molecule has 0 atom stereocenters.